The minimum atomic E-state index is -0.622. The Morgan fingerprint density at radius 2 is 1.86 bits per heavy atom. The summed E-state index contributed by atoms with van der Waals surface area (Å²) in [6.45, 7) is 3.91. The van der Waals surface area contributed by atoms with E-state index in [0.29, 0.717) is 12.1 Å². The lowest BCUT2D eigenvalue weighted by Gasteiger charge is -2.38. The number of rotatable bonds is 5. The van der Waals surface area contributed by atoms with Gasteiger partial charge >= 0.3 is 0 Å². The average Bonchev–Trinajstić information content (AvgIpc) is 2.65. The Bertz CT molecular complexity index is 1060. The fourth-order valence-corrected chi connectivity index (χ4v) is 3.84. The van der Waals surface area contributed by atoms with Gasteiger partial charge in [-0.25, -0.2) is 0 Å². The summed E-state index contributed by atoms with van der Waals surface area (Å²) in [6.07, 6.45) is 7.93. The van der Waals surface area contributed by atoms with Crippen LogP contribution in [-0.2, 0) is 10.2 Å². The van der Waals surface area contributed by atoms with E-state index < -0.39 is 11.5 Å². The van der Waals surface area contributed by atoms with Crippen molar-refractivity contribution < 1.29 is 9.90 Å². The molecule has 1 aliphatic rings. The van der Waals surface area contributed by atoms with E-state index in [-0.39, 0.29) is 5.91 Å². The number of aromatic nitrogens is 3. The molecule has 3 aromatic rings. The monoisotopic (exact) mass is 376 g/mol. The van der Waals surface area contributed by atoms with Gasteiger partial charge in [-0.2, -0.15) is 0 Å². The zero-order chi connectivity index (χ0) is 19.9. The van der Waals surface area contributed by atoms with Crippen LogP contribution >= 0.6 is 0 Å². The van der Waals surface area contributed by atoms with Crippen molar-refractivity contribution in [1.82, 2.24) is 15.0 Å². The molecule has 0 bridgehead atoms. The molecule has 1 amide bonds. The summed E-state index contributed by atoms with van der Waals surface area (Å²) in [7, 11) is 0. The largest absolute Gasteiger partial charge is 0.387 e. The summed E-state index contributed by atoms with van der Waals surface area (Å²) in [5, 5.41) is 11.9. The molecule has 0 saturated heterocycles. The van der Waals surface area contributed by atoms with E-state index >= 15 is 0 Å². The van der Waals surface area contributed by atoms with Gasteiger partial charge in [-0.1, -0.05) is 13.3 Å². The number of hydrogen-bond donors (Lipinski definition) is 2. The Balaban J connectivity index is 1.71. The molecule has 0 aliphatic heterocycles. The van der Waals surface area contributed by atoms with Gasteiger partial charge in [0.25, 0.3) is 0 Å². The van der Waals surface area contributed by atoms with Crippen molar-refractivity contribution in [3.05, 3.63) is 53.7 Å². The normalized spacial score (nSPS) is 16.5. The molecule has 1 atom stereocenters. The molecule has 3 heterocycles. The van der Waals surface area contributed by atoms with E-state index in [1.165, 1.54) is 0 Å². The number of aliphatic hydroxyl groups is 1. The summed E-state index contributed by atoms with van der Waals surface area (Å²) < 4.78 is 0. The zero-order valence-corrected chi connectivity index (χ0v) is 16.1. The SMILES string of the molecule is CC[C@H](O)c1cc(C)c(-c2cc3cnc(C4(C(N)=O)CCC4)cc3cn2)cn1. The van der Waals surface area contributed by atoms with Crippen LogP contribution in [0.2, 0.25) is 0 Å². The highest BCUT2D eigenvalue weighted by Crippen LogP contribution is 2.43. The quantitative estimate of drug-likeness (QED) is 0.711. The van der Waals surface area contributed by atoms with Gasteiger partial charge < -0.3 is 10.8 Å². The molecule has 28 heavy (non-hydrogen) atoms. The highest BCUT2D eigenvalue weighted by Gasteiger charge is 2.45. The predicted octanol–water partition coefficient (Wildman–Crippen LogP) is 3.35. The predicted molar refractivity (Wildman–Crippen MR) is 107 cm³/mol. The van der Waals surface area contributed by atoms with Crippen LogP contribution in [0.1, 0.15) is 55.7 Å². The van der Waals surface area contributed by atoms with Gasteiger partial charge in [0.05, 0.1) is 28.6 Å². The van der Waals surface area contributed by atoms with E-state index in [0.717, 1.165) is 52.5 Å². The van der Waals surface area contributed by atoms with Crippen molar-refractivity contribution >= 4 is 16.7 Å². The van der Waals surface area contributed by atoms with Gasteiger partial charge in [0.15, 0.2) is 0 Å². The number of aryl methyl sites for hydroxylation is 1. The summed E-state index contributed by atoms with van der Waals surface area (Å²) in [6, 6.07) is 5.82. The van der Waals surface area contributed by atoms with Gasteiger partial charge in [0.2, 0.25) is 5.91 Å². The number of nitrogens with zero attached hydrogens (tertiary/aromatic N) is 3. The molecule has 1 aliphatic carbocycles. The Kier molecular flexibility index (Phi) is 4.59. The average molecular weight is 376 g/mol. The number of hydrogen-bond acceptors (Lipinski definition) is 5. The van der Waals surface area contributed by atoms with Crippen molar-refractivity contribution in [1.29, 1.82) is 0 Å². The third-order valence-electron chi connectivity index (χ3n) is 5.91. The summed E-state index contributed by atoms with van der Waals surface area (Å²) >= 11 is 0. The fraction of sp³-hybridized carbons (Fsp3) is 0.364. The minimum Gasteiger partial charge on any atom is -0.387 e. The molecule has 144 valence electrons. The second-order valence-corrected chi connectivity index (χ2v) is 7.63. The van der Waals surface area contributed by atoms with Gasteiger partial charge in [0.1, 0.15) is 0 Å². The van der Waals surface area contributed by atoms with Crippen molar-refractivity contribution in [2.75, 3.05) is 0 Å². The van der Waals surface area contributed by atoms with E-state index in [1.807, 2.05) is 32.0 Å². The van der Waals surface area contributed by atoms with Crippen molar-refractivity contribution in [3.63, 3.8) is 0 Å². The maximum atomic E-state index is 12.0. The molecule has 0 unspecified atom stereocenters. The van der Waals surface area contributed by atoms with Crippen LogP contribution in [0, 0.1) is 6.92 Å². The van der Waals surface area contributed by atoms with Gasteiger partial charge in [0, 0.05) is 34.9 Å². The first-order valence-electron chi connectivity index (χ1n) is 9.66. The van der Waals surface area contributed by atoms with Gasteiger partial charge in [-0.15, -0.1) is 0 Å². The summed E-state index contributed by atoms with van der Waals surface area (Å²) in [4.78, 5) is 25.5. The van der Waals surface area contributed by atoms with Crippen LogP contribution in [0.25, 0.3) is 22.0 Å². The molecule has 1 fully saturated rings. The molecule has 0 aromatic carbocycles. The topological polar surface area (TPSA) is 102 Å². The number of pyridine rings is 3. The summed E-state index contributed by atoms with van der Waals surface area (Å²) in [5.41, 5.74) is 9.18. The maximum absolute atomic E-state index is 12.0. The van der Waals surface area contributed by atoms with Gasteiger partial charge in [-0.3, -0.25) is 19.7 Å². The fourth-order valence-electron chi connectivity index (χ4n) is 3.84. The van der Waals surface area contributed by atoms with E-state index in [1.54, 1.807) is 18.6 Å². The maximum Gasteiger partial charge on any atom is 0.229 e. The van der Waals surface area contributed by atoms with Crippen LogP contribution in [0.15, 0.2) is 36.8 Å². The van der Waals surface area contributed by atoms with E-state index in [9.17, 15) is 9.90 Å². The number of fused-ring (bicyclic) bond motifs is 1. The lowest BCUT2D eigenvalue weighted by atomic mass is 9.66. The number of primary amides is 1. The molecule has 0 spiro atoms. The Labute approximate surface area is 163 Å². The Morgan fingerprint density at radius 3 is 2.46 bits per heavy atom. The van der Waals surface area contributed by atoms with Crippen LogP contribution in [0.4, 0.5) is 0 Å². The van der Waals surface area contributed by atoms with Crippen LogP contribution in [-0.4, -0.2) is 26.0 Å². The molecule has 4 rings (SSSR count). The molecule has 6 nitrogen and oxygen atoms in total. The first-order valence-corrected chi connectivity index (χ1v) is 9.66. The van der Waals surface area contributed by atoms with E-state index in [4.69, 9.17) is 5.73 Å². The molecule has 1 saturated carbocycles. The number of nitrogens with two attached hydrogens (primary N) is 1. The first kappa shape index (κ1) is 18.5. The first-order chi connectivity index (χ1) is 13.4. The van der Waals surface area contributed by atoms with Crippen LogP contribution < -0.4 is 5.73 Å². The highest BCUT2D eigenvalue weighted by molar-refractivity contribution is 5.90. The van der Waals surface area contributed by atoms with Gasteiger partial charge in [-0.05, 0) is 49.9 Å². The lowest BCUT2D eigenvalue weighted by Crippen LogP contribution is -2.47. The lowest BCUT2D eigenvalue weighted by molar-refractivity contribution is -0.126. The Morgan fingerprint density at radius 1 is 1.14 bits per heavy atom. The smallest absolute Gasteiger partial charge is 0.229 e. The van der Waals surface area contributed by atoms with Crippen molar-refractivity contribution in [2.45, 2.75) is 51.0 Å². The number of carbonyl (C=O) groups is 1. The number of aliphatic hydroxyl groups excluding tert-OH is 1. The molecule has 3 aromatic heterocycles. The van der Waals surface area contributed by atoms with E-state index in [2.05, 4.69) is 15.0 Å². The Hall–Kier alpha value is -2.86. The second-order valence-electron chi connectivity index (χ2n) is 7.63. The standard InChI is InChI=1S/C22H24N4O2/c1-3-19(27)18-7-13(2)16(12-25-18)17-8-14-11-26-20(9-15(14)10-24-17)22(21(23)28)5-4-6-22/h7-12,19,27H,3-6H2,1-2H3,(H2,23,28)/t19-/m0/s1. The third-order valence-corrected chi connectivity index (χ3v) is 5.91. The minimum absolute atomic E-state index is 0.300. The van der Waals surface area contributed by atoms with Crippen LogP contribution in [0.3, 0.4) is 0 Å². The van der Waals surface area contributed by atoms with Crippen LogP contribution in [0.5, 0.6) is 0 Å². The molecular formula is C22H24N4O2. The van der Waals surface area contributed by atoms with Crippen molar-refractivity contribution in [2.24, 2.45) is 5.73 Å². The molecule has 0 radical (unpaired) electrons. The number of amides is 1. The second kappa shape index (κ2) is 6.95. The summed E-state index contributed by atoms with van der Waals surface area (Å²) in [5.74, 6) is -0.300. The zero-order valence-electron chi connectivity index (χ0n) is 16.1. The number of carbonyl (C=O) groups excluding carboxylic acids is 1. The molecule has 6 heteroatoms. The van der Waals surface area contributed by atoms with Crippen molar-refractivity contribution in [3.8, 4) is 11.3 Å². The molecular weight excluding hydrogens is 352 g/mol. The third kappa shape index (κ3) is 2.94. The highest BCUT2D eigenvalue weighted by atomic mass is 16.3. The molecule has 3 N–H and O–H groups in total.